The summed E-state index contributed by atoms with van der Waals surface area (Å²) in [5.41, 5.74) is 4.89. The molecule has 5 nitrogen and oxygen atoms in total. The van der Waals surface area contributed by atoms with Gasteiger partial charge in [0.2, 0.25) is 0 Å². The van der Waals surface area contributed by atoms with Crippen LogP contribution in [-0.4, -0.2) is 40.1 Å². The molecule has 3 rings (SSSR count). The van der Waals surface area contributed by atoms with Crippen molar-refractivity contribution in [1.29, 1.82) is 0 Å². The van der Waals surface area contributed by atoms with E-state index >= 15 is 0 Å². The van der Waals surface area contributed by atoms with Gasteiger partial charge in [-0.1, -0.05) is 19.2 Å². The lowest BCUT2D eigenvalue weighted by molar-refractivity contribution is 0.108. The number of aromatic nitrogens is 3. The van der Waals surface area contributed by atoms with Gasteiger partial charge in [-0.25, -0.2) is 4.98 Å². The van der Waals surface area contributed by atoms with Gasteiger partial charge in [0.25, 0.3) is 0 Å². The van der Waals surface area contributed by atoms with Crippen molar-refractivity contribution < 1.29 is 0 Å². The zero-order valence-corrected chi connectivity index (χ0v) is 17.5. The van der Waals surface area contributed by atoms with Crippen LogP contribution in [0.1, 0.15) is 66.2 Å². The second kappa shape index (κ2) is 9.30. The minimum atomic E-state index is 0.282. The normalized spacial score (nSPS) is 20.2. The fraction of sp³-hybridized carbons (Fsp3) is 0.478. The lowest BCUT2D eigenvalue weighted by Gasteiger charge is -2.39. The first kappa shape index (κ1) is 20.5. The maximum atomic E-state index is 4.99. The summed E-state index contributed by atoms with van der Waals surface area (Å²) in [5, 5.41) is 3.24. The fourth-order valence-electron chi connectivity index (χ4n) is 4.43. The molecule has 2 atom stereocenters. The van der Waals surface area contributed by atoms with Gasteiger partial charge >= 0.3 is 0 Å². The van der Waals surface area contributed by atoms with Crippen LogP contribution < -0.4 is 5.32 Å². The summed E-state index contributed by atoms with van der Waals surface area (Å²) in [6.45, 7) is 11.1. The summed E-state index contributed by atoms with van der Waals surface area (Å²) in [6, 6.07) is 4.78. The van der Waals surface area contributed by atoms with Crippen molar-refractivity contribution >= 4 is 12.3 Å². The van der Waals surface area contributed by atoms with E-state index in [-0.39, 0.29) is 6.04 Å². The quantitative estimate of drug-likeness (QED) is 0.692. The largest absolute Gasteiger partial charge is 0.320 e. The standard InChI is InChI=1S/C23H33N5/c1-6-21-26-23(20(28(21)7-2)14-10-15-24-4)19-13-8-12-18(27(19)5)22-17(3)11-9-16-25-22/h6-7,9,11,16,18-19,24H,1-2,8,10,12-15H2,3-5H3. The molecule has 3 heterocycles. The van der Waals surface area contributed by atoms with E-state index in [1.54, 1.807) is 0 Å². The highest BCUT2D eigenvalue weighted by Crippen LogP contribution is 2.41. The highest BCUT2D eigenvalue weighted by atomic mass is 15.2. The molecule has 1 aliphatic heterocycles. The number of nitrogens with one attached hydrogen (secondary N) is 1. The first-order chi connectivity index (χ1) is 13.6. The predicted molar refractivity (Wildman–Crippen MR) is 117 cm³/mol. The number of nitrogens with zero attached hydrogens (tertiary/aromatic N) is 4. The number of pyridine rings is 1. The molecule has 2 aromatic rings. The molecule has 0 amide bonds. The lowest BCUT2D eigenvalue weighted by Crippen LogP contribution is -2.34. The van der Waals surface area contributed by atoms with Gasteiger partial charge < -0.3 is 9.88 Å². The average Bonchev–Trinajstić information content (AvgIpc) is 3.06. The minimum absolute atomic E-state index is 0.282. The monoisotopic (exact) mass is 379 g/mol. The molecule has 0 radical (unpaired) electrons. The van der Waals surface area contributed by atoms with E-state index in [0.29, 0.717) is 6.04 Å². The Morgan fingerprint density at radius 2 is 2.00 bits per heavy atom. The number of rotatable bonds is 8. The van der Waals surface area contributed by atoms with Gasteiger partial charge in [-0.15, -0.1) is 0 Å². The van der Waals surface area contributed by atoms with Crippen molar-refractivity contribution in [1.82, 2.24) is 24.8 Å². The van der Waals surface area contributed by atoms with Crippen LogP contribution >= 0.6 is 0 Å². The molecule has 0 spiro atoms. The highest BCUT2D eigenvalue weighted by molar-refractivity contribution is 5.46. The number of likely N-dealkylation sites (tertiary alicyclic amines) is 1. The van der Waals surface area contributed by atoms with Crippen molar-refractivity contribution in [3.8, 4) is 0 Å². The van der Waals surface area contributed by atoms with E-state index in [2.05, 4.69) is 48.0 Å². The molecule has 1 aliphatic rings. The number of imidazole rings is 1. The van der Waals surface area contributed by atoms with Crippen LogP contribution in [0.5, 0.6) is 0 Å². The lowest BCUT2D eigenvalue weighted by atomic mass is 9.90. The van der Waals surface area contributed by atoms with Crippen molar-refractivity contribution in [3.05, 3.63) is 60.0 Å². The smallest absolute Gasteiger partial charge is 0.136 e. The average molecular weight is 380 g/mol. The minimum Gasteiger partial charge on any atom is -0.320 e. The Morgan fingerprint density at radius 1 is 1.25 bits per heavy atom. The molecule has 0 aromatic carbocycles. The molecular formula is C23H33N5. The van der Waals surface area contributed by atoms with Crippen molar-refractivity contribution in [2.75, 3.05) is 20.6 Å². The molecule has 28 heavy (non-hydrogen) atoms. The fourth-order valence-corrected chi connectivity index (χ4v) is 4.43. The van der Waals surface area contributed by atoms with Crippen LogP contribution in [0, 0.1) is 6.92 Å². The summed E-state index contributed by atoms with van der Waals surface area (Å²) in [7, 11) is 4.22. The SMILES string of the molecule is C=Cc1nc(C2CCCC(c3ncccc3C)N2C)c(CCCNC)n1C=C. The molecule has 2 unspecified atom stereocenters. The van der Waals surface area contributed by atoms with Crippen LogP contribution in [-0.2, 0) is 6.42 Å². The predicted octanol–water partition coefficient (Wildman–Crippen LogP) is 4.38. The van der Waals surface area contributed by atoms with Crippen LogP contribution in [0.2, 0.25) is 0 Å². The third kappa shape index (κ3) is 3.96. The second-order valence-electron chi connectivity index (χ2n) is 7.60. The molecule has 0 bridgehead atoms. The number of piperidine rings is 1. The van der Waals surface area contributed by atoms with Gasteiger partial charge in [-0.05, 0) is 77.4 Å². The van der Waals surface area contributed by atoms with E-state index in [1.807, 2.05) is 31.6 Å². The van der Waals surface area contributed by atoms with Crippen LogP contribution in [0.25, 0.3) is 12.3 Å². The highest BCUT2D eigenvalue weighted by Gasteiger charge is 2.34. The zero-order chi connectivity index (χ0) is 20.1. The molecule has 1 N–H and O–H groups in total. The summed E-state index contributed by atoms with van der Waals surface area (Å²) >= 11 is 0. The Bertz CT molecular complexity index is 822. The first-order valence-corrected chi connectivity index (χ1v) is 10.3. The van der Waals surface area contributed by atoms with E-state index in [9.17, 15) is 0 Å². The van der Waals surface area contributed by atoms with Crippen LogP contribution in [0.15, 0.2) is 31.5 Å². The third-order valence-electron chi connectivity index (χ3n) is 5.89. The van der Waals surface area contributed by atoms with Crippen molar-refractivity contribution in [2.45, 2.75) is 51.1 Å². The Labute approximate surface area is 169 Å². The van der Waals surface area contributed by atoms with Crippen LogP contribution in [0.3, 0.4) is 0 Å². The Morgan fingerprint density at radius 3 is 2.64 bits per heavy atom. The third-order valence-corrected chi connectivity index (χ3v) is 5.89. The molecule has 2 aromatic heterocycles. The topological polar surface area (TPSA) is 46.0 Å². The van der Waals surface area contributed by atoms with Gasteiger partial charge in [0.15, 0.2) is 0 Å². The molecule has 1 saturated heterocycles. The van der Waals surface area contributed by atoms with Gasteiger partial charge in [0, 0.05) is 18.1 Å². The molecular weight excluding hydrogens is 346 g/mol. The molecule has 150 valence electrons. The summed E-state index contributed by atoms with van der Waals surface area (Å²) in [6.07, 6.45) is 11.1. The number of hydrogen-bond acceptors (Lipinski definition) is 4. The van der Waals surface area contributed by atoms with E-state index < -0.39 is 0 Å². The van der Waals surface area contributed by atoms with E-state index in [4.69, 9.17) is 9.97 Å². The second-order valence-corrected chi connectivity index (χ2v) is 7.60. The molecule has 0 saturated carbocycles. The maximum Gasteiger partial charge on any atom is 0.136 e. The van der Waals surface area contributed by atoms with Crippen molar-refractivity contribution in [3.63, 3.8) is 0 Å². The first-order valence-electron chi connectivity index (χ1n) is 10.3. The zero-order valence-electron chi connectivity index (χ0n) is 17.5. The summed E-state index contributed by atoms with van der Waals surface area (Å²) in [5.74, 6) is 0.883. The Hall–Kier alpha value is -2.24. The van der Waals surface area contributed by atoms with E-state index in [0.717, 1.165) is 38.1 Å². The van der Waals surface area contributed by atoms with Gasteiger partial charge in [0.1, 0.15) is 5.82 Å². The maximum absolute atomic E-state index is 4.99. The number of hydrogen-bond donors (Lipinski definition) is 1. The summed E-state index contributed by atoms with van der Waals surface area (Å²) < 4.78 is 2.11. The Kier molecular flexibility index (Phi) is 6.81. The van der Waals surface area contributed by atoms with Crippen LogP contribution in [0.4, 0.5) is 0 Å². The van der Waals surface area contributed by atoms with Gasteiger partial charge in [0.05, 0.1) is 23.5 Å². The van der Waals surface area contributed by atoms with E-state index in [1.165, 1.54) is 29.1 Å². The molecule has 0 aliphatic carbocycles. The summed E-state index contributed by atoms with van der Waals surface area (Å²) in [4.78, 5) is 12.2. The molecule has 5 heteroatoms. The number of aryl methyl sites for hydroxylation is 1. The van der Waals surface area contributed by atoms with Crippen molar-refractivity contribution in [2.24, 2.45) is 0 Å². The Balaban J connectivity index is 1.97. The van der Waals surface area contributed by atoms with Gasteiger partial charge in [-0.2, -0.15) is 0 Å². The molecule has 1 fully saturated rings. The van der Waals surface area contributed by atoms with Gasteiger partial charge in [-0.3, -0.25) is 9.88 Å².